The van der Waals surface area contributed by atoms with Gasteiger partial charge in [-0.3, -0.25) is 4.98 Å². The summed E-state index contributed by atoms with van der Waals surface area (Å²) in [4.78, 5) is 4.30. The van der Waals surface area contributed by atoms with Gasteiger partial charge in [0.2, 0.25) is 0 Å². The fourth-order valence-corrected chi connectivity index (χ4v) is 1.63. The van der Waals surface area contributed by atoms with Crippen molar-refractivity contribution in [2.75, 3.05) is 13.2 Å². The summed E-state index contributed by atoms with van der Waals surface area (Å²) in [5.41, 5.74) is 7.64. The van der Waals surface area contributed by atoms with Crippen LogP contribution in [0.3, 0.4) is 0 Å². The molecule has 1 aromatic carbocycles. The molecule has 0 radical (unpaired) electrons. The number of aryl methyl sites for hydroxylation is 1. The zero-order valence-electron chi connectivity index (χ0n) is 9.44. The van der Waals surface area contributed by atoms with Gasteiger partial charge in [0.1, 0.15) is 5.75 Å². The minimum absolute atomic E-state index is 0.661. The van der Waals surface area contributed by atoms with Crippen molar-refractivity contribution in [1.29, 1.82) is 0 Å². The van der Waals surface area contributed by atoms with Crippen molar-refractivity contribution in [3.8, 4) is 5.75 Å². The van der Waals surface area contributed by atoms with Crippen LogP contribution < -0.4 is 10.5 Å². The van der Waals surface area contributed by atoms with E-state index in [0.717, 1.165) is 23.1 Å². The van der Waals surface area contributed by atoms with Crippen molar-refractivity contribution in [1.82, 2.24) is 4.98 Å². The van der Waals surface area contributed by atoms with Crippen molar-refractivity contribution in [2.45, 2.75) is 13.3 Å². The molecule has 0 fully saturated rings. The second-order valence-corrected chi connectivity index (χ2v) is 3.80. The number of aromatic nitrogens is 1. The Bertz CT molecular complexity index is 482. The number of fused-ring (bicyclic) bond motifs is 1. The monoisotopic (exact) mass is 216 g/mol. The molecule has 0 bridgehead atoms. The topological polar surface area (TPSA) is 48.1 Å². The average Bonchev–Trinajstić information content (AvgIpc) is 2.30. The summed E-state index contributed by atoms with van der Waals surface area (Å²) < 4.78 is 5.60. The molecule has 0 atom stereocenters. The molecule has 16 heavy (non-hydrogen) atoms. The molecule has 0 amide bonds. The Morgan fingerprint density at radius 3 is 3.00 bits per heavy atom. The van der Waals surface area contributed by atoms with Crippen LogP contribution in [0.2, 0.25) is 0 Å². The van der Waals surface area contributed by atoms with Crippen molar-refractivity contribution in [2.24, 2.45) is 5.73 Å². The van der Waals surface area contributed by atoms with Crippen LogP contribution in [0.25, 0.3) is 10.9 Å². The van der Waals surface area contributed by atoms with Gasteiger partial charge in [-0.1, -0.05) is 0 Å². The standard InChI is InChI=1S/C13H16N2O/c1-10-5-7-15-13-4-3-11(9-12(10)13)16-8-2-6-14/h3-5,7,9H,2,6,8,14H2,1H3. The molecule has 0 saturated carbocycles. The van der Waals surface area contributed by atoms with Gasteiger partial charge in [0.15, 0.2) is 0 Å². The number of benzene rings is 1. The normalized spacial score (nSPS) is 10.6. The van der Waals surface area contributed by atoms with E-state index in [1.807, 2.05) is 30.5 Å². The van der Waals surface area contributed by atoms with Gasteiger partial charge in [-0.05, 0) is 49.7 Å². The highest BCUT2D eigenvalue weighted by molar-refractivity contribution is 5.83. The maximum absolute atomic E-state index is 5.60. The quantitative estimate of drug-likeness (QED) is 0.797. The smallest absolute Gasteiger partial charge is 0.120 e. The fourth-order valence-electron chi connectivity index (χ4n) is 1.63. The molecule has 2 N–H and O–H groups in total. The van der Waals surface area contributed by atoms with Crippen LogP contribution in [0.1, 0.15) is 12.0 Å². The van der Waals surface area contributed by atoms with Crippen LogP contribution in [-0.4, -0.2) is 18.1 Å². The molecule has 0 saturated heterocycles. The molecule has 0 aliphatic carbocycles. The fraction of sp³-hybridized carbons (Fsp3) is 0.308. The van der Waals surface area contributed by atoms with Crippen molar-refractivity contribution in [3.63, 3.8) is 0 Å². The van der Waals surface area contributed by atoms with Crippen LogP contribution >= 0.6 is 0 Å². The average molecular weight is 216 g/mol. The van der Waals surface area contributed by atoms with Crippen LogP contribution in [0, 0.1) is 6.92 Å². The third-order valence-corrected chi connectivity index (χ3v) is 2.55. The summed E-state index contributed by atoms with van der Waals surface area (Å²) in [5.74, 6) is 0.886. The number of nitrogens with two attached hydrogens (primary N) is 1. The van der Waals surface area contributed by atoms with Gasteiger partial charge in [-0.15, -0.1) is 0 Å². The molecule has 0 unspecified atom stereocenters. The Balaban J connectivity index is 2.25. The van der Waals surface area contributed by atoms with E-state index in [-0.39, 0.29) is 0 Å². The first-order valence-corrected chi connectivity index (χ1v) is 5.49. The summed E-state index contributed by atoms with van der Waals surface area (Å²) in [5, 5.41) is 1.15. The number of rotatable bonds is 4. The molecule has 0 aliphatic heterocycles. The largest absolute Gasteiger partial charge is 0.494 e. The van der Waals surface area contributed by atoms with Gasteiger partial charge in [0.25, 0.3) is 0 Å². The first-order chi connectivity index (χ1) is 7.81. The molecule has 2 aromatic rings. The van der Waals surface area contributed by atoms with E-state index in [0.29, 0.717) is 13.2 Å². The molecule has 3 heteroatoms. The highest BCUT2D eigenvalue weighted by Crippen LogP contribution is 2.21. The lowest BCUT2D eigenvalue weighted by Gasteiger charge is -2.07. The predicted molar refractivity (Wildman–Crippen MR) is 65.6 cm³/mol. The van der Waals surface area contributed by atoms with Gasteiger partial charge < -0.3 is 10.5 Å². The number of ether oxygens (including phenoxy) is 1. The maximum atomic E-state index is 5.60. The molecular formula is C13H16N2O. The summed E-state index contributed by atoms with van der Waals surface area (Å²) in [6.45, 7) is 3.41. The van der Waals surface area contributed by atoms with Crippen LogP contribution in [0.4, 0.5) is 0 Å². The summed E-state index contributed by atoms with van der Waals surface area (Å²) >= 11 is 0. The zero-order chi connectivity index (χ0) is 11.4. The van der Waals surface area contributed by atoms with Crippen LogP contribution in [0.5, 0.6) is 5.75 Å². The maximum Gasteiger partial charge on any atom is 0.120 e. The molecule has 0 spiro atoms. The molecular weight excluding hydrogens is 200 g/mol. The van der Waals surface area contributed by atoms with Crippen molar-refractivity contribution >= 4 is 10.9 Å². The van der Waals surface area contributed by atoms with Gasteiger partial charge in [0.05, 0.1) is 12.1 Å². The van der Waals surface area contributed by atoms with E-state index in [9.17, 15) is 0 Å². The molecule has 84 valence electrons. The lowest BCUT2D eigenvalue weighted by atomic mass is 10.1. The summed E-state index contributed by atoms with van der Waals surface area (Å²) in [7, 11) is 0. The van der Waals surface area contributed by atoms with E-state index in [1.54, 1.807) is 0 Å². The molecule has 0 aliphatic rings. The predicted octanol–water partition coefficient (Wildman–Crippen LogP) is 2.27. The highest BCUT2D eigenvalue weighted by atomic mass is 16.5. The third-order valence-electron chi connectivity index (χ3n) is 2.55. The van der Waals surface area contributed by atoms with E-state index >= 15 is 0 Å². The lowest BCUT2D eigenvalue weighted by molar-refractivity contribution is 0.314. The second-order valence-electron chi connectivity index (χ2n) is 3.80. The zero-order valence-corrected chi connectivity index (χ0v) is 9.44. The number of hydrogen-bond acceptors (Lipinski definition) is 3. The minimum atomic E-state index is 0.661. The van der Waals surface area contributed by atoms with E-state index in [1.165, 1.54) is 5.56 Å². The lowest BCUT2D eigenvalue weighted by Crippen LogP contribution is -2.06. The Hall–Kier alpha value is -1.61. The molecule has 1 aromatic heterocycles. The Morgan fingerprint density at radius 1 is 1.31 bits per heavy atom. The van der Waals surface area contributed by atoms with Gasteiger partial charge in [-0.25, -0.2) is 0 Å². The summed E-state index contributed by atoms with van der Waals surface area (Å²) in [6.07, 6.45) is 2.71. The summed E-state index contributed by atoms with van der Waals surface area (Å²) in [6, 6.07) is 7.98. The van der Waals surface area contributed by atoms with E-state index < -0.39 is 0 Å². The van der Waals surface area contributed by atoms with Gasteiger partial charge in [0, 0.05) is 11.6 Å². The molecule has 1 heterocycles. The highest BCUT2D eigenvalue weighted by Gasteiger charge is 2.00. The van der Waals surface area contributed by atoms with E-state index in [2.05, 4.69) is 11.9 Å². The van der Waals surface area contributed by atoms with Crippen LogP contribution in [0.15, 0.2) is 30.5 Å². The minimum Gasteiger partial charge on any atom is -0.494 e. The van der Waals surface area contributed by atoms with Gasteiger partial charge in [-0.2, -0.15) is 0 Å². The molecule has 2 rings (SSSR count). The Morgan fingerprint density at radius 2 is 2.19 bits per heavy atom. The number of nitrogens with zero attached hydrogens (tertiary/aromatic N) is 1. The number of pyridine rings is 1. The molecule has 3 nitrogen and oxygen atoms in total. The number of hydrogen-bond donors (Lipinski definition) is 1. The van der Waals surface area contributed by atoms with Crippen molar-refractivity contribution in [3.05, 3.63) is 36.0 Å². The first-order valence-electron chi connectivity index (χ1n) is 5.49. The van der Waals surface area contributed by atoms with Crippen LogP contribution in [-0.2, 0) is 0 Å². The SMILES string of the molecule is Cc1ccnc2ccc(OCCCN)cc12. The van der Waals surface area contributed by atoms with E-state index in [4.69, 9.17) is 10.5 Å². The Kier molecular flexibility index (Phi) is 3.37. The van der Waals surface area contributed by atoms with Crippen molar-refractivity contribution < 1.29 is 4.74 Å². The third kappa shape index (κ3) is 2.31. The second kappa shape index (κ2) is 4.94. The Labute approximate surface area is 95.2 Å². The first kappa shape index (κ1) is 10.9. The van der Waals surface area contributed by atoms with Gasteiger partial charge >= 0.3 is 0 Å².